The number of benzene rings is 1. The molecule has 0 unspecified atom stereocenters. The molecule has 1 saturated heterocycles. The molecule has 0 bridgehead atoms. The van der Waals surface area contributed by atoms with Gasteiger partial charge in [-0.3, -0.25) is 9.59 Å². The van der Waals surface area contributed by atoms with E-state index in [1.54, 1.807) is 0 Å². The number of amides is 2. The number of hydrogen-bond acceptors (Lipinski definition) is 4. The molecule has 144 valence electrons. The summed E-state index contributed by atoms with van der Waals surface area (Å²) in [5.74, 6) is 1.10. The normalized spacial score (nSPS) is 17.1. The second-order valence-electron chi connectivity index (χ2n) is 6.76. The van der Waals surface area contributed by atoms with Gasteiger partial charge in [0.1, 0.15) is 5.75 Å². The van der Waals surface area contributed by atoms with Gasteiger partial charge < -0.3 is 20.3 Å². The third-order valence-electron chi connectivity index (χ3n) is 5.03. The third-order valence-corrected chi connectivity index (χ3v) is 5.03. The zero-order chi connectivity index (χ0) is 17.6. The van der Waals surface area contributed by atoms with Gasteiger partial charge in [0, 0.05) is 37.7 Å². The summed E-state index contributed by atoms with van der Waals surface area (Å²) in [5, 5.41) is 6.14. The quantitative estimate of drug-likeness (QED) is 0.742. The molecule has 0 atom stereocenters. The third kappa shape index (κ3) is 5.35. The lowest BCUT2D eigenvalue weighted by Gasteiger charge is -2.31. The molecule has 6 nitrogen and oxygen atoms in total. The van der Waals surface area contributed by atoms with Crippen LogP contribution in [0.5, 0.6) is 5.75 Å². The minimum absolute atomic E-state index is 0. The summed E-state index contributed by atoms with van der Waals surface area (Å²) in [7, 11) is 1.98. The maximum atomic E-state index is 12.2. The molecule has 1 aromatic rings. The predicted molar refractivity (Wildman–Crippen MR) is 104 cm³/mol. The molecule has 0 radical (unpaired) electrons. The Morgan fingerprint density at radius 1 is 1.31 bits per heavy atom. The lowest BCUT2D eigenvalue weighted by Crippen LogP contribution is -2.43. The molecule has 2 aliphatic heterocycles. The van der Waals surface area contributed by atoms with Crippen LogP contribution in [0.15, 0.2) is 18.2 Å². The fourth-order valence-electron chi connectivity index (χ4n) is 3.44. The van der Waals surface area contributed by atoms with Crippen LogP contribution in [-0.2, 0) is 16.0 Å². The van der Waals surface area contributed by atoms with E-state index >= 15 is 0 Å². The summed E-state index contributed by atoms with van der Waals surface area (Å²) in [5.41, 5.74) is 1.99. The minimum Gasteiger partial charge on any atom is -0.494 e. The Bertz CT molecular complexity index is 630. The summed E-state index contributed by atoms with van der Waals surface area (Å²) < 4.78 is 5.78. The summed E-state index contributed by atoms with van der Waals surface area (Å²) in [4.78, 5) is 25.6. The number of rotatable bonds is 6. The molecule has 3 rings (SSSR count). The van der Waals surface area contributed by atoms with E-state index in [4.69, 9.17) is 4.74 Å². The molecule has 1 aromatic carbocycles. The van der Waals surface area contributed by atoms with Gasteiger partial charge in [-0.1, -0.05) is 0 Å². The number of likely N-dealkylation sites (tertiary alicyclic amines) is 1. The number of carbonyl (C=O) groups excluding carboxylic acids is 2. The first-order chi connectivity index (χ1) is 12.2. The highest BCUT2D eigenvalue weighted by Crippen LogP contribution is 2.26. The number of anilines is 1. The summed E-state index contributed by atoms with van der Waals surface area (Å²) in [6.07, 6.45) is 4.59. The highest BCUT2D eigenvalue weighted by molar-refractivity contribution is 5.94. The zero-order valence-corrected chi connectivity index (χ0v) is 16.1. The molecule has 0 saturated carbocycles. The number of ether oxygens (including phenoxy) is 1. The highest BCUT2D eigenvalue weighted by atomic mass is 35.5. The maximum Gasteiger partial charge on any atom is 0.224 e. The largest absolute Gasteiger partial charge is 0.494 e. The van der Waals surface area contributed by atoms with Crippen molar-refractivity contribution in [3.63, 3.8) is 0 Å². The SMILES string of the molecule is CNC1CCN(C(=O)CCCOc2ccc3c(c2)CCC(=O)N3)CC1.Cl. The van der Waals surface area contributed by atoms with Crippen molar-refractivity contribution >= 4 is 29.9 Å². The molecule has 7 heteroatoms. The van der Waals surface area contributed by atoms with E-state index in [0.717, 1.165) is 55.8 Å². The molecule has 0 aliphatic carbocycles. The van der Waals surface area contributed by atoms with Crippen LogP contribution in [0.4, 0.5) is 5.69 Å². The van der Waals surface area contributed by atoms with Gasteiger partial charge in [-0.05, 0) is 56.5 Å². The number of nitrogens with one attached hydrogen (secondary N) is 2. The zero-order valence-electron chi connectivity index (χ0n) is 15.3. The van der Waals surface area contributed by atoms with Crippen LogP contribution in [0.1, 0.15) is 37.7 Å². The van der Waals surface area contributed by atoms with Crippen LogP contribution in [-0.4, -0.2) is 49.5 Å². The molecular weight excluding hydrogens is 354 g/mol. The van der Waals surface area contributed by atoms with Crippen LogP contribution < -0.4 is 15.4 Å². The van der Waals surface area contributed by atoms with Gasteiger partial charge in [0.05, 0.1) is 6.61 Å². The topological polar surface area (TPSA) is 70.7 Å². The van der Waals surface area contributed by atoms with Crippen molar-refractivity contribution in [3.05, 3.63) is 23.8 Å². The first-order valence-electron chi connectivity index (χ1n) is 9.16. The second kappa shape index (κ2) is 9.78. The fourth-order valence-corrected chi connectivity index (χ4v) is 3.44. The van der Waals surface area contributed by atoms with E-state index in [0.29, 0.717) is 25.5 Å². The summed E-state index contributed by atoms with van der Waals surface area (Å²) >= 11 is 0. The maximum absolute atomic E-state index is 12.2. The van der Waals surface area contributed by atoms with Crippen LogP contribution in [0.25, 0.3) is 0 Å². The average Bonchev–Trinajstić information content (AvgIpc) is 2.65. The van der Waals surface area contributed by atoms with Gasteiger partial charge in [-0.15, -0.1) is 12.4 Å². The monoisotopic (exact) mass is 381 g/mol. The Morgan fingerprint density at radius 2 is 2.08 bits per heavy atom. The lowest BCUT2D eigenvalue weighted by molar-refractivity contribution is -0.132. The lowest BCUT2D eigenvalue weighted by atomic mass is 10.0. The van der Waals surface area contributed by atoms with Crippen LogP contribution >= 0.6 is 12.4 Å². The predicted octanol–water partition coefficient (Wildman–Crippen LogP) is 2.36. The number of aryl methyl sites for hydroxylation is 1. The van der Waals surface area contributed by atoms with Gasteiger partial charge >= 0.3 is 0 Å². The molecule has 2 aliphatic rings. The fraction of sp³-hybridized carbons (Fsp3) is 0.579. The van der Waals surface area contributed by atoms with E-state index < -0.39 is 0 Å². The second-order valence-corrected chi connectivity index (χ2v) is 6.76. The summed E-state index contributed by atoms with van der Waals surface area (Å²) in [6.45, 7) is 2.23. The molecule has 2 heterocycles. The van der Waals surface area contributed by atoms with Gasteiger partial charge in [-0.25, -0.2) is 0 Å². The van der Waals surface area contributed by atoms with Gasteiger partial charge in [0.2, 0.25) is 11.8 Å². The number of hydrogen-bond donors (Lipinski definition) is 2. The first-order valence-corrected chi connectivity index (χ1v) is 9.16. The number of carbonyl (C=O) groups is 2. The van der Waals surface area contributed by atoms with Crippen molar-refractivity contribution < 1.29 is 14.3 Å². The van der Waals surface area contributed by atoms with Crippen LogP contribution in [0.3, 0.4) is 0 Å². The van der Waals surface area contributed by atoms with Crippen LogP contribution in [0, 0.1) is 0 Å². The first kappa shape index (κ1) is 20.5. The Balaban J connectivity index is 0.00000243. The van der Waals surface area contributed by atoms with Crippen molar-refractivity contribution in [2.45, 2.75) is 44.6 Å². The Morgan fingerprint density at radius 3 is 2.81 bits per heavy atom. The molecule has 26 heavy (non-hydrogen) atoms. The summed E-state index contributed by atoms with van der Waals surface area (Å²) in [6, 6.07) is 6.29. The van der Waals surface area contributed by atoms with E-state index in [1.165, 1.54) is 0 Å². The van der Waals surface area contributed by atoms with E-state index in [2.05, 4.69) is 10.6 Å². The number of nitrogens with zero attached hydrogens (tertiary/aromatic N) is 1. The molecular formula is C19H28ClN3O3. The van der Waals surface area contributed by atoms with Gasteiger partial charge in [-0.2, -0.15) is 0 Å². The van der Waals surface area contributed by atoms with Gasteiger partial charge in [0.25, 0.3) is 0 Å². The van der Waals surface area contributed by atoms with Crippen molar-refractivity contribution in [1.82, 2.24) is 10.2 Å². The Hall–Kier alpha value is -1.79. The molecule has 0 aromatic heterocycles. The molecule has 1 fully saturated rings. The smallest absolute Gasteiger partial charge is 0.224 e. The molecule has 0 spiro atoms. The molecule has 2 N–H and O–H groups in total. The van der Waals surface area contributed by atoms with E-state index in [-0.39, 0.29) is 24.2 Å². The Kier molecular flexibility index (Phi) is 7.72. The number of piperidine rings is 1. The number of halogens is 1. The minimum atomic E-state index is 0. The van der Waals surface area contributed by atoms with Crippen molar-refractivity contribution in [2.75, 3.05) is 32.1 Å². The van der Waals surface area contributed by atoms with Crippen molar-refractivity contribution in [1.29, 1.82) is 0 Å². The van der Waals surface area contributed by atoms with Crippen molar-refractivity contribution in [2.24, 2.45) is 0 Å². The molecule has 2 amide bonds. The Labute approximate surface area is 161 Å². The van der Waals surface area contributed by atoms with Gasteiger partial charge in [0.15, 0.2) is 0 Å². The average molecular weight is 382 g/mol. The van der Waals surface area contributed by atoms with E-state index in [1.807, 2.05) is 30.1 Å². The highest BCUT2D eigenvalue weighted by Gasteiger charge is 2.21. The number of fused-ring (bicyclic) bond motifs is 1. The van der Waals surface area contributed by atoms with Crippen LogP contribution in [0.2, 0.25) is 0 Å². The van der Waals surface area contributed by atoms with Crippen molar-refractivity contribution in [3.8, 4) is 5.75 Å². The van der Waals surface area contributed by atoms with E-state index in [9.17, 15) is 9.59 Å². The standard InChI is InChI=1S/C19H27N3O3.ClH/c1-20-15-8-10-22(11-9-15)19(24)3-2-12-25-16-5-6-17-14(13-16)4-7-18(23)21-17;/h5-6,13,15,20H,2-4,7-12H2,1H3,(H,21,23);1H.